The maximum Gasteiger partial charge on any atom is 0.302 e. The second kappa shape index (κ2) is 29.4. The average Bonchev–Trinajstić information content (AvgIpc) is 0.727. The number of carbonyl (C=O) groups is 4. The van der Waals surface area contributed by atoms with E-state index in [0.29, 0.717) is 120 Å². The summed E-state index contributed by atoms with van der Waals surface area (Å²) in [4.78, 5) is 68.2. The molecular weight excluding hydrogens is 1230 g/mol. The molecule has 4 aliphatic heterocycles. The van der Waals surface area contributed by atoms with Gasteiger partial charge in [-0.2, -0.15) is 18.3 Å². The predicted molar refractivity (Wildman–Crippen MR) is 335 cm³/mol. The average molecular weight is 1310 g/mol. The fraction of sp³-hybridized carbons (Fsp3) is 0.389. The van der Waals surface area contributed by atoms with E-state index >= 15 is 0 Å². The van der Waals surface area contributed by atoms with Crippen molar-refractivity contribution in [2.75, 3.05) is 53.6 Å². The quantitative estimate of drug-likeness (QED) is 0.0243. The van der Waals surface area contributed by atoms with Gasteiger partial charge in [-0.1, -0.05) is 0 Å². The van der Waals surface area contributed by atoms with Gasteiger partial charge in [-0.15, -0.1) is 0 Å². The number of aromatic nitrogens is 8. The smallest absolute Gasteiger partial charge is 0.302 e. The van der Waals surface area contributed by atoms with Crippen LogP contribution in [0.2, 0.25) is 0 Å². The molecule has 0 atom stereocenters. The first kappa shape index (κ1) is 64.2. The highest BCUT2D eigenvalue weighted by atomic mass is 16.7. The van der Waals surface area contributed by atoms with Crippen molar-refractivity contribution in [3.63, 3.8) is 0 Å². The lowest BCUT2D eigenvalue weighted by Crippen LogP contribution is -2.36. The van der Waals surface area contributed by atoms with Gasteiger partial charge in [0.15, 0.2) is 75.8 Å². The van der Waals surface area contributed by atoms with Crippen LogP contribution in [0.4, 0.5) is 0 Å². The Hall–Kier alpha value is -10.5. The summed E-state index contributed by atoms with van der Waals surface area (Å²) >= 11 is 0. The highest BCUT2D eigenvalue weighted by Crippen LogP contribution is 2.58. The standard InChI is InChI=1S/C72H76N8O16/c1-45(81)85-29-5-9-49-53-33-55-50(10-6-30-86-46(2)82)57-35-59-52(12-8-32-88-48(4)84)60-36-58-51(11-7-31-87-47(3)83)56-34-54(49)66-62(38-78-23-15-74-16-24-78)68(56)92-43-94-70(58)64(40-80-27-19-76-20-28-80)72(60)96-44-95-71(59)63(39-79-25-17-75-18-26-79)69(57)93-42-91-67(55)61(65(53)89-41-90-66)37-77-21-13-73-14-22-77/h13-28,33-36,49-52H,5-12,29-32,37-44H2,1-4H3/q+4. The summed E-state index contributed by atoms with van der Waals surface area (Å²) in [6, 6.07) is 8.83. The van der Waals surface area contributed by atoms with Gasteiger partial charge in [0.25, 0.3) is 0 Å². The van der Waals surface area contributed by atoms with E-state index in [9.17, 15) is 19.2 Å². The number of nitrogens with zero attached hydrogens (tertiary/aromatic N) is 8. The van der Waals surface area contributed by atoms with Crippen molar-refractivity contribution < 1.29 is 94.3 Å². The van der Waals surface area contributed by atoms with Crippen LogP contribution < -0.4 is 56.2 Å². The van der Waals surface area contributed by atoms with Crippen LogP contribution in [0, 0.1) is 0 Å². The molecule has 0 saturated heterocycles. The van der Waals surface area contributed by atoms with Gasteiger partial charge in [-0.3, -0.25) is 39.1 Å². The summed E-state index contributed by atoms with van der Waals surface area (Å²) in [5.41, 5.74) is 9.27. The van der Waals surface area contributed by atoms with Gasteiger partial charge in [-0.05, 0) is 75.6 Å². The molecule has 0 fully saturated rings. The van der Waals surface area contributed by atoms with E-state index in [4.69, 9.17) is 56.8 Å². The Morgan fingerprint density at radius 2 is 0.500 bits per heavy atom. The number of hydrogen-bond acceptors (Lipinski definition) is 20. The Kier molecular flexibility index (Phi) is 19.7. The first-order valence-electron chi connectivity index (χ1n) is 32.5. The molecule has 8 bridgehead atoms. The van der Waals surface area contributed by atoms with Crippen LogP contribution in [0.15, 0.2) is 123 Å². The number of ether oxygens (including phenoxy) is 12. The predicted octanol–water partition coefficient (Wildman–Crippen LogP) is 7.74. The fourth-order valence-corrected chi connectivity index (χ4v) is 14.1. The van der Waals surface area contributed by atoms with Gasteiger partial charge < -0.3 is 56.8 Å². The lowest BCUT2D eigenvalue weighted by Gasteiger charge is -2.37. The second-order valence-electron chi connectivity index (χ2n) is 24.2. The van der Waals surface area contributed by atoms with Gasteiger partial charge in [0, 0.05) is 95.9 Å². The van der Waals surface area contributed by atoms with Crippen LogP contribution in [-0.2, 0) is 64.3 Å². The first-order chi connectivity index (χ1) is 46.9. The maximum atomic E-state index is 12.7. The van der Waals surface area contributed by atoms with Gasteiger partial charge in [0.2, 0.25) is 27.2 Å². The van der Waals surface area contributed by atoms with Gasteiger partial charge >= 0.3 is 23.9 Å². The summed E-state index contributed by atoms with van der Waals surface area (Å²) in [7, 11) is 0. The molecule has 0 N–H and O–H groups in total. The summed E-state index contributed by atoms with van der Waals surface area (Å²) in [6.07, 6.45) is 32.2. The van der Waals surface area contributed by atoms with E-state index in [1.54, 1.807) is 49.6 Å². The first-order valence-corrected chi connectivity index (χ1v) is 32.5. The number of rotatable bonds is 24. The Bertz CT molecular complexity index is 3520. The zero-order valence-electron chi connectivity index (χ0n) is 54.1. The van der Waals surface area contributed by atoms with Crippen molar-refractivity contribution in [2.24, 2.45) is 0 Å². The topological polar surface area (TPSA) is 246 Å². The van der Waals surface area contributed by atoms with Crippen LogP contribution in [0.3, 0.4) is 0 Å². The Labute approximate surface area is 554 Å². The molecule has 1 aliphatic carbocycles. The molecule has 4 aromatic carbocycles. The monoisotopic (exact) mass is 1310 g/mol. The third-order valence-corrected chi connectivity index (χ3v) is 18.0. The number of hydrogen-bond donors (Lipinski definition) is 0. The molecule has 0 spiro atoms. The molecule has 24 heteroatoms. The van der Waals surface area contributed by atoms with E-state index in [1.807, 2.05) is 67.8 Å². The van der Waals surface area contributed by atoms with Crippen LogP contribution in [-0.4, -0.2) is 97.4 Å². The third-order valence-electron chi connectivity index (χ3n) is 18.0. The summed E-state index contributed by atoms with van der Waals surface area (Å²) < 4.78 is 88.4. The number of benzene rings is 4. The lowest BCUT2D eigenvalue weighted by molar-refractivity contribution is -0.689. The Morgan fingerprint density at radius 3 is 0.667 bits per heavy atom. The highest BCUT2D eigenvalue weighted by molar-refractivity contribution is 5.71. The highest BCUT2D eigenvalue weighted by Gasteiger charge is 2.43. The van der Waals surface area contributed by atoms with Crippen molar-refractivity contribution >= 4 is 23.9 Å². The van der Waals surface area contributed by atoms with Gasteiger partial charge in [0.1, 0.15) is 68.2 Å². The Morgan fingerprint density at radius 1 is 0.323 bits per heavy atom. The zero-order valence-corrected chi connectivity index (χ0v) is 54.1. The zero-order chi connectivity index (χ0) is 66.1. The van der Waals surface area contributed by atoms with E-state index in [-0.39, 0.29) is 79.8 Å². The molecule has 8 heterocycles. The molecule has 4 aromatic heterocycles. The molecular formula is C72H76N8O16+4. The third kappa shape index (κ3) is 14.0. The van der Waals surface area contributed by atoms with Crippen LogP contribution in [0.1, 0.15) is 169 Å². The molecule has 0 unspecified atom stereocenters. The number of esters is 4. The van der Waals surface area contributed by atoms with Crippen LogP contribution in [0.5, 0.6) is 46.0 Å². The molecule has 5 aliphatic rings. The van der Waals surface area contributed by atoms with E-state index in [1.165, 1.54) is 27.7 Å². The molecule has 13 rings (SSSR count). The lowest BCUT2D eigenvalue weighted by atomic mass is 9.74. The molecule has 0 amide bonds. The van der Waals surface area contributed by atoms with Crippen LogP contribution >= 0.6 is 0 Å². The number of carbonyl (C=O) groups excluding carboxylic acids is 4. The van der Waals surface area contributed by atoms with Gasteiger partial charge in [0.05, 0.1) is 76.0 Å². The molecule has 8 aromatic rings. The second-order valence-corrected chi connectivity index (χ2v) is 24.2. The van der Waals surface area contributed by atoms with Crippen molar-refractivity contribution in [1.82, 2.24) is 19.9 Å². The minimum Gasteiger partial charge on any atom is -0.466 e. The Balaban J connectivity index is 1.21. The molecule has 0 radical (unpaired) electrons. The molecule has 24 nitrogen and oxygen atoms in total. The summed E-state index contributed by atoms with van der Waals surface area (Å²) in [5.74, 6) is 0.312. The molecule has 96 heavy (non-hydrogen) atoms. The maximum absolute atomic E-state index is 12.7. The summed E-state index contributed by atoms with van der Waals surface area (Å²) in [6.45, 7) is 6.06. The fourth-order valence-electron chi connectivity index (χ4n) is 14.1. The minimum absolute atomic E-state index is 0.117. The van der Waals surface area contributed by atoms with Crippen molar-refractivity contribution in [2.45, 2.75) is 129 Å². The van der Waals surface area contributed by atoms with E-state index in [0.717, 1.165) is 44.5 Å². The molecule has 496 valence electrons. The normalized spacial score (nSPS) is 16.6. The van der Waals surface area contributed by atoms with Gasteiger partial charge in [-0.25, -0.2) is 0 Å². The van der Waals surface area contributed by atoms with Crippen LogP contribution in [0.25, 0.3) is 0 Å². The van der Waals surface area contributed by atoms with Crippen molar-refractivity contribution in [3.8, 4) is 46.0 Å². The van der Waals surface area contributed by atoms with Crippen molar-refractivity contribution in [3.05, 3.63) is 190 Å². The van der Waals surface area contributed by atoms with E-state index in [2.05, 4.69) is 44.2 Å². The van der Waals surface area contributed by atoms with E-state index < -0.39 is 47.5 Å². The SMILES string of the molecule is CC(=O)OCCCC1c2cc3c4c(C[n+]5ccncc5)c2OCOc2c1cc1c(c2C[n+]2ccncc2)OCOc2c(cc5c(c2C[n+]2ccncc2)OCOc2c(cc(c(c2C[n+]2ccncc2)OCO4)C3CCCOC(C)=O)C5CCCOC(C)=O)C1CCCOC(C)=O. The minimum atomic E-state index is -0.565. The van der Waals surface area contributed by atoms with Crippen molar-refractivity contribution in [1.29, 1.82) is 0 Å². The molecule has 0 saturated carbocycles. The summed E-state index contributed by atoms with van der Waals surface area (Å²) in [5, 5.41) is 0. The largest absolute Gasteiger partial charge is 0.466 e.